The molecule has 1 rings (SSSR count). The number of anilines is 1. The Kier molecular flexibility index (Phi) is 7.79. The lowest BCUT2D eigenvalue weighted by molar-refractivity contribution is -0.123. The Balaban J connectivity index is 2.47. The molecule has 0 spiro atoms. The average molecular weight is 293 g/mol. The lowest BCUT2D eigenvalue weighted by Gasteiger charge is -2.23. The van der Waals surface area contributed by atoms with Crippen molar-refractivity contribution in [2.75, 3.05) is 45.8 Å². The minimum Gasteiger partial charge on any atom is -0.383 e. The second kappa shape index (κ2) is 9.37. The summed E-state index contributed by atoms with van der Waals surface area (Å²) in [5.41, 5.74) is 2.36. The van der Waals surface area contributed by atoms with Crippen LogP contribution in [-0.2, 0) is 16.1 Å². The molecular formula is C16H27N3O2. The van der Waals surface area contributed by atoms with Crippen LogP contribution in [0.1, 0.15) is 12.5 Å². The zero-order valence-corrected chi connectivity index (χ0v) is 13.5. The first-order valence-corrected chi connectivity index (χ1v) is 7.29. The van der Waals surface area contributed by atoms with Crippen molar-refractivity contribution < 1.29 is 9.53 Å². The van der Waals surface area contributed by atoms with Crippen LogP contribution in [0.4, 0.5) is 5.69 Å². The van der Waals surface area contributed by atoms with Gasteiger partial charge in [0.1, 0.15) is 0 Å². The van der Waals surface area contributed by atoms with E-state index in [2.05, 4.69) is 39.8 Å². The van der Waals surface area contributed by atoms with Crippen LogP contribution < -0.4 is 15.5 Å². The van der Waals surface area contributed by atoms with Gasteiger partial charge in [0, 0.05) is 46.5 Å². The molecular weight excluding hydrogens is 266 g/mol. The van der Waals surface area contributed by atoms with Gasteiger partial charge in [0.15, 0.2) is 0 Å². The van der Waals surface area contributed by atoms with Crippen molar-refractivity contribution in [3.63, 3.8) is 0 Å². The Labute approximate surface area is 127 Å². The van der Waals surface area contributed by atoms with Gasteiger partial charge in [-0.25, -0.2) is 0 Å². The third-order valence-corrected chi connectivity index (χ3v) is 3.43. The summed E-state index contributed by atoms with van der Waals surface area (Å²) in [4.78, 5) is 13.6. The molecule has 0 aliphatic carbocycles. The molecule has 1 amide bonds. The van der Waals surface area contributed by atoms with E-state index in [1.165, 1.54) is 5.56 Å². The minimum absolute atomic E-state index is 0.0320. The van der Waals surface area contributed by atoms with E-state index in [1.54, 1.807) is 14.2 Å². The van der Waals surface area contributed by atoms with Crippen molar-refractivity contribution in [2.45, 2.75) is 13.5 Å². The number of nitrogens with zero attached hydrogens (tertiary/aromatic N) is 1. The topological polar surface area (TPSA) is 53.6 Å². The van der Waals surface area contributed by atoms with E-state index in [0.29, 0.717) is 6.54 Å². The largest absolute Gasteiger partial charge is 0.383 e. The highest BCUT2D eigenvalue weighted by Crippen LogP contribution is 2.15. The van der Waals surface area contributed by atoms with Gasteiger partial charge in [0.05, 0.1) is 12.5 Å². The number of hydrogen-bond acceptors (Lipinski definition) is 4. The number of carbonyl (C=O) groups excluding carboxylic acids is 1. The van der Waals surface area contributed by atoms with Gasteiger partial charge in [-0.05, 0) is 17.7 Å². The molecule has 0 saturated heterocycles. The summed E-state index contributed by atoms with van der Waals surface area (Å²) in [7, 11) is 5.38. The number of benzene rings is 1. The van der Waals surface area contributed by atoms with Crippen molar-refractivity contribution in [3.05, 3.63) is 29.8 Å². The number of amides is 1. The molecule has 2 N–H and O–H groups in total. The van der Waals surface area contributed by atoms with Crippen LogP contribution in [0.5, 0.6) is 0 Å². The van der Waals surface area contributed by atoms with Gasteiger partial charge in [-0.1, -0.05) is 19.1 Å². The fraction of sp³-hybridized carbons (Fsp3) is 0.562. The SMILES string of the molecule is CNC(=O)C(C)CN(C)c1ccc(CNCCOC)cc1. The van der Waals surface area contributed by atoms with Crippen LogP contribution in [0, 0.1) is 5.92 Å². The molecule has 1 unspecified atom stereocenters. The Hall–Kier alpha value is -1.59. The summed E-state index contributed by atoms with van der Waals surface area (Å²) in [6.07, 6.45) is 0. The Bertz CT molecular complexity index is 420. The molecule has 0 saturated carbocycles. The Morgan fingerprint density at radius 3 is 2.57 bits per heavy atom. The molecule has 0 heterocycles. The van der Waals surface area contributed by atoms with Gasteiger partial charge < -0.3 is 20.3 Å². The number of nitrogens with one attached hydrogen (secondary N) is 2. The van der Waals surface area contributed by atoms with Crippen molar-refractivity contribution in [2.24, 2.45) is 5.92 Å². The van der Waals surface area contributed by atoms with Gasteiger partial charge in [0.2, 0.25) is 5.91 Å². The fourth-order valence-corrected chi connectivity index (χ4v) is 2.12. The maximum Gasteiger partial charge on any atom is 0.224 e. The molecule has 5 nitrogen and oxygen atoms in total. The van der Waals surface area contributed by atoms with E-state index >= 15 is 0 Å². The number of ether oxygens (including phenoxy) is 1. The van der Waals surface area contributed by atoms with Gasteiger partial charge in [-0.15, -0.1) is 0 Å². The van der Waals surface area contributed by atoms with Crippen molar-refractivity contribution in [3.8, 4) is 0 Å². The molecule has 5 heteroatoms. The standard InChI is InChI=1S/C16H27N3O2/c1-13(16(20)17-2)12-19(3)15-7-5-14(6-8-15)11-18-9-10-21-4/h5-8,13,18H,9-12H2,1-4H3,(H,17,20). The first kappa shape index (κ1) is 17.5. The minimum atomic E-state index is -0.0320. The van der Waals surface area contributed by atoms with E-state index in [0.717, 1.165) is 25.4 Å². The molecule has 0 fully saturated rings. The zero-order chi connectivity index (χ0) is 15.7. The van der Waals surface area contributed by atoms with E-state index in [9.17, 15) is 4.79 Å². The first-order chi connectivity index (χ1) is 10.1. The van der Waals surface area contributed by atoms with E-state index in [-0.39, 0.29) is 11.8 Å². The third kappa shape index (κ3) is 6.14. The number of hydrogen-bond donors (Lipinski definition) is 2. The monoisotopic (exact) mass is 293 g/mol. The number of carbonyl (C=O) groups is 1. The molecule has 0 aliphatic heterocycles. The van der Waals surface area contributed by atoms with Crippen LogP contribution in [0.2, 0.25) is 0 Å². The highest BCUT2D eigenvalue weighted by Gasteiger charge is 2.13. The Morgan fingerprint density at radius 2 is 2.00 bits per heavy atom. The molecule has 0 bridgehead atoms. The fourth-order valence-electron chi connectivity index (χ4n) is 2.12. The normalized spacial score (nSPS) is 12.0. The predicted molar refractivity (Wildman–Crippen MR) is 86.5 cm³/mol. The molecule has 1 aromatic carbocycles. The van der Waals surface area contributed by atoms with Crippen molar-refractivity contribution in [1.82, 2.24) is 10.6 Å². The summed E-state index contributed by atoms with van der Waals surface area (Å²) >= 11 is 0. The molecule has 21 heavy (non-hydrogen) atoms. The molecule has 1 atom stereocenters. The lowest BCUT2D eigenvalue weighted by Crippen LogP contribution is -2.34. The summed E-state index contributed by atoms with van der Waals surface area (Å²) in [5.74, 6) is 0.0381. The summed E-state index contributed by atoms with van der Waals surface area (Å²) in [6.45, 7) is 5.04. The average Bonchev–Trinajstić information content (AvgIpc) is 2.51. The number of methoxy groups -OCH3 is 1. The van der Waals surface area contributed by atoms with E-state index in [1.807, 2.05) is 14.0 Å². The Morgan fingerprint density at radius 1 is 1.33 bits per heavy atom. The molecule has 0 aliphatic rings. The van der Waals surface area contributed by atoms with E-state index < -0.39 is 0 Å². The quantitative estimate of drug-likeness (QED) is 0.673. The molecule has 1 aromatic rings. The van der Waals surface area contributed by atoms with Crippen LogP contribution in [0.15, 0.2) is 24.3 Å². The maximum absolute atomic E-state index is 11.5. The third-order valence-electron chi connectivity index (χ3n) is 3.43. The van der Waals surface area contributed by atoms with Crippen molar-refractivity contribution in [1.29, 1.82) is 0 Å². The molecule has 0 radical (unpaired) electrons. The predicted octanol–water partition coefficient (Wildman–Crippen LogP) is 1.24. The summed E-state index contributed by atoms with van der Waals surface area (Å²) in [6, 6.07) is 8.39. The highest BCUT2D eigenvalue weighted by atomic mass is 16.5. The zero-order valence-electron chi connectivity index (χ0n) is 13.5. The first-order valence-electron chi connectivity index (χ1n) is 7.29. The van der Waals surface area contributed by atoms with Gasteiger partial charge in [-0.2, -0.15) is 0 Å². The van der Waals surface area contributed by atoms with Gasteiger partial charge in [-0.3, -0.25) is 4.79 Å². The lowest BCUT2D eigenvalue weighted by atomic mass is 10.1. The van der Waals surface area contributed by atoms with Crippen LogP contribution >= 0.6 is 0 Å². The molecule has 0 aromatic heterocycles. The van der Waals surface area contributed by atoms with Crippen molar-refractivity contribution >= 4 is 11.6 Å². The summed E-state index contributed by atoms with van der Waals surface area (Å²) < 4.78 is 4.99. The molecule has 118 valence electrons. The summed E-state index contributed by atoms with van der Waals surface area (Å²) in [5, 5.41) is 5.99. The van der Waals surface area contributed by atoms with E-state index in [4.69, 9.17) is 4.74 Å². The van der Waals surface area contributed by atoms with Crippen LogP contribution in [0.3, 0.4) is 0 Å². The maximum atomic E-state index is 11.5. The van der Waals surface area contributed by atoms with Crippen LogP contribution in [-0.4, -0.2) is 46.8 Å². The van der Waals surface area contributed by atoms with Gasteiger partial charge >= 0.3 is 0 Å². The second-order valence-corrected chi connectivity index (χ2v) is 5.23. The van der Waals surface area contributed by atoms with Crippen LogP contribution in [0.25, 0.3) is 0 Å². The smallest absolute Gasteiger partial charge is 0.224 e. The second-order valence-electron chi connectivity index (χ2n) is 5.23. The number of rotatable bonds is 9. The van der Waals surface area contributed by atoms with Gasteiger partial charge in [0.25, 0.3) is 0 Å². The highest BCUT2D eigenvalue weighted by molar-refractivity contribution is 5.78.